The standard InChI is InChI=1S/C19H21BrN6O6S/c1-10(27)22-13-5-6-21-26(13)18-25-24-17(33-18)23-15(28)12-9-11(20)14(16(29)32-12)30-7-8-31-19(2,3)4/h5-6,9H,7-8H2,1-4H3,(H,22,27)(H,23,24,28). The van der Waals surface area contributed by atoms with Gasteiger partial charge >= 0.3 is 5.63 Å². The molecule has 3 heterocycles. The molecule has 33 heavy (non-hydrogen) atoms. The maximum Gasteiger partial charge on any atom is 0.380 e. The van der Waals surface area contributed by atoms with Gasteiger partial charge in [0.25, 0.3) is 5.91 Å². The molecule has 0 atom stereocenters. The second-order valence-electron chi connectivity index (χ2n) is 7.54. The van der Waals surface area contributed by atoms with Crippen molar-refractivity contribution in [3.63, 3.8) is 0 Å². The van der Waals surface area contributed by atoms with Gasteiger partial charge in [0, 0.05) is 19.1 Å². The Morgan fingerprint density at radius 3 is 2.67 bits per heavy atom. The molecule has 0 saturated carbocycles. The Morgan fingerprint density at radius 2 is 2.00 bits per heavy atom. The van der Waals surface area contributed by atoms with Crippen molar-refractivity contribution in [3.8, 4) is 10.9 Å². The second-order valence-corrected chi connectivity index (χ2v) is 9.35. The van der Waals surface area contributed by atoms with Gasteiger partial charge in [-0.3, -0.25) is 14.9 Å². The fourth-order valence-electron chi connectivity index (χ4n) is 2.43. The average molecular weight is 541 g/mol. The SMILES string of the molecule is CC(=O)Nc1ccnn1-c1nnc(NC(=O)c2cc(Br)c(OCCOC(C)(C)C)c(=O)o2)s1. The number of carbonyl (C=O) groups is 2. The summed E-state index contributed by atoms with van der Waals surface area (Å²) in [5.41, 5.74) is -1.15. The summed E-state index contributed by atoms with van der Waals surface area (Å²) in [5, 5.41) is 17.5. The summed E-state index contributed by atoms with van der Waals surface area (Å²) in [4.78, 5) is 36.1. The molecule has 0 fully saturated rings. The van der Waals surface area contributed by atoms with Crippen LogP contribution in [-0.4, -0.2) is 50.6 Å². The van der Waals surface area contributed by atoms with Crippen LogP contribution in [-0.2, 0) is 9.53 Å². The fraction of sp³-hybridized carbons (Fsp3) is 0.368. The van der Waals surface area contributed by atoms with Crippen molar-refractivity contribution >= 4 is 50.0 Å². The average Bonchev–Trinajstić information content (AvgIpc) is 3.34. The Bertz CT molecular complexity index is 1210. The van der Waals surface area contributed by atoms with Crippen LogP contribution >= 0.6 is 27.3 Å². The Morgan fingerprint density at radius 1 is 1.24 bits per heavy atom. The molecule has 176 valence electrons. The topological polar surface area (TPSA) is 150 Å². The molecular formula is C19H21BrN6O6S. The molecule has 0 aromatic carbocycles. The second kappa shape index (κ2) is 10.2. The number of rotatable bonds is 8. The van der Waals surface area contributed by atoms with Crippen molar-refractivity contribution in [1.82, 2.24) is 20.0 Å². The van der Waals surface area contributed by atoms with E-state index >= 15 is 0 Å². The molecular weight excluding hydrogens is 520 g/mol. The number of amides is 2. The molecule has 0 aliphatic rings. The van der Waals surface area contributed by atoms with Gasteiger partial charge in [-0.15, -0.1) is 10.2 Å². The minimum absolute atomic E-state index is 0.0635. The Kier molecular flexibility index (Phi) is 7.61. The molecule has 0 aliphatic carbocycles. The molecule has 3 aromatic heterocycles. The van der Waals surface area contributed by atoms with Crippen LogP contribution < -0.4 is 21.0 Å². The van der Waals surface area contributed by atoms with Gasteiger partial charge in [-0.05, 0) is 36.7 Å². The first-order valence-electron chi connectivity index (χ1n) is 9.61. The van der Waals surface area contributed by atoms with Gasteiger partial charge in [0.15, 0.2) is 5.76 Å². The minimum Gasteiger partial charge on any atom is -0.483 e. The summed E-state index contributed by atoms with van der Waals surface area (Å²) >= 11 is 4.23. The molecule has 14 heteroatoms. The summed E-state index contributed by atoms with van der Waals surface area (Å²) < 4.78 is 17.7. The zero-order valence-corrected chi connectivity index (χ0v) is 20.6. The highest BCUT2D eigenvalue weighted by Crippen LogP contribution is 2.25. The third-order valence-electron chi connectivity index (χ3n) is 3.71. The van der Waals surface area contributed by atoms with Crippen LogP contribution in [0.1, 0.15) is 38.2 Å². The number of hydrogen-bond acceptors (Lipinski definition) is 10. The van der Waals surface area contributed by atoms with Gasteiger partial charge in [0.1, 0.15) is 12.4 Å². The Hall–Kier alpha value is -3.10. The Labute approximate surface area is 200 Å². The third-order valence-corrected chi connectivity index (χ3v) is 5.12. The molecule has 2 amide bonds. The monoisotopic (exact) mass is 540 g/mol. The van der Waals surface area contributed by atoms with Crippen LogP contribution in [0.5, 0.6) is 5.75 Å². The fourth-order valence-corrected chi connectivity index (χ4v) is 3.62. The lowest BCUT2D eigenvalue weighted by molar-refractivity contribution is -0.114. The number of anilines is 2. The first-order valence-corrected chi connectivity index (χ1v) is 11.2. The van der Waals surface area contributed by atoms with Gasteiger partial charge in [-0.1, -0.05) is 11.3 Å². The summed E-state index contributed by atoms with van der Waals surface area (Å²) in [6.45, 7) is 7.49. The third kappa shape index (κ3) is 6.69. The van der Waals surface area contributed by atoms with E-state index in [0.717, 1.165) is 11.3 Å². The van der Waals surface area contributed by atoms with Crippen molar-refractivity contribution in [1.29, 1.82) is 0 Å². The molecule has 0 unspecified atom stereocenters. The molecule has 0 bridgehead atoms. The van der Waals surface area contributed by atoms with E-state index in [-0.39, 0.29) is 45.8 Å². The lowest BCUT2D eigenvalue weighted by Crippen LogP contribution is -2.23. The van der Waals surface area contributed by atoms with Crippen molar-refractivity contribution < 1.29 is 23.5 Å². The van der Waals surface area contributed by atoms with E-state index in [2.05, 4.69) is 41.9 Å². The van der Waals surface area contributed by atoms with Crippen LogP contribution in [0.15, 0.2) is 32.0 Å². The number of aromatic nitrogens is 4. The lowest BCUT2D eigenvalue weighted by atomic mass is 10.2. The van der Waals surface area contributed by atoms with Gasteiger partial charge in [0.2, 0.25) is 21.9 Å². The number of nitrogens with one attached hydrogen (secondary N) is 2. The summed E-state index contributed by atoms with van der Waals surface area (Å²) in [5.74, 6) is -0.897. The minimum atomic E-state index is -0.820. The predicted molar refractivity (Wildman–Crippen MR) is 123 cm³/mol. The maximum absolute atomic E-state index is 12.5. The molecule has 0 aliphatic heterocycles. The van der Waals surface area contributed by atoms with E-state index in [0.29, 0.717) is 10.9 Å². The van der Waals surface area contributed by atoms with Crippen LogP contribution in [0.3, 0.4) is 0 Å². The summed E-state index contributed by atoms with van der Waals surface area (Å²) in [6, 6.07) is 2.91. The zero-order chi connectivity index (χ0) is 24.2. The first-order chi connectivity index (χ1) is 15.5. The van der Waals surface area contributed by atoms with Crippen LogP contribution in [0, 0.1) is 0 Å². The normalized spacial score (nSPS) is 11.3. The number of hydrogen-bond donors (Lipinski definition) is 2. The summed E-state index contributed by atoms with van der Waals surface area (Å²) in [7, 11) is 0. The highest BCUT2D eigenvalue weighted by atomic mass is 79.9. The Balaban J connectivity index is 1.67. The van der Waals surface area contributed by atoms with Crippen molar-refractivity contribution in [3.05, 3.63) is 39.0 Å². The number of nitrogens with zero attached hydrogens (tertiary/aromatic N) is 4. The molecule has 0 saturated heterocycles. The van der Waals surface area contributed by atoms with E-state index < -0.39 is 11.5 Å². The molecule has 0 radical (unpaired) electrons. The van der Waals surface area contributed by atoms with E-state index in [1.54, 1.807) is 6.07 Å². The van der Waals surface area contributed by atoms with Gasteiger partial charge in [-0.25, -0.2) is 4.79 Å². The highest BCUT2D eigenvalue weighted by molar-refractivity contribution is 9.10. The van der Waals surface area contributed by atoms with Gasteiger partial charge in [-0.2, -0.15) is 9.78 Å². The molecule has 0 spiro atoms. The van der Waals surface area contributed by atoms with E-state index in [9.17, 15) is 14.4 Å². The lowest BCUT2D eigenvalue weighted by Gasteiger charge is -2.19. The van der Waals surface area contributed by atoms with Crippen LogP contribution in [0.25, 0.3) is 5.13 Å². The quantitative estimate of drug-likeness (QED) is 0.411. The number of halogens is 1. The van der Waals surface area contributed by atoms with Crippen molar-refractivity contribution in [2.75, 3.05) is 23.8 Å². The molecule has 3 aromatic rings. The van der Waals surface area contributed by atoms with Gasteiger partial charge in [0.05, 0.1) is 22.9 Å². The van der Waals surface area contributed by atoms with Crippen LogP contribution in [0.2, 0.25) is 0 Å². The largest absolute Gasteiger partial charge is 0.483 e. The summed E-state index contributed by atoms with van der Waals surface area (Å²) in [6.07, 6.45) is 1.48. The van der Waals surface area contributed by atoms with Crippen molar-refractivity contribution in [2.24, 2.45) is 0 Å². The maximum atomic E-state index is 12.5. The smallest absolute Gasteiger partial charge is 0.380 e. The van der Waals surface area contributed by atoms with E-state index in [1.165, 1.54) is 23.9 Å². The van der Waals surface area contributed by atoms with Crippen molar-refractivity contribution in [2.45, 2.75) is 33.3 Å². The van der Waals surface area contributed by atoms with Crippen LogP contribution in [0.4, 0.5) is 10.9 Å². The van der Waals surface area contributed by atoms with E-state index in [1.807, 2.05) is 20.8 Å². The highest BCUT2D eigenvalue weighted by Gasteiger charge is 2.19. The molecule has 12 nitrogen and oxygen atoms in total. The number of ether oxygens (including phenoxy) is 2. The first kappa shape index (κ1) is 24.5. The predicted octanol–water partition coefficient (Wildman–Crippen LogP) is 2.84. The number of carbonyl (C=O) groups excluding carboxylic acids is 2. The molecule has 2 N–H and O–H groups in total. The van der Waals surface area contributed by atoms with Gasteiger partial charge < -0.3 is 19.2 Å². The molecule has 3 rings (SSSR count). The zero-order valence-electron chi connectivity index (χ0n) is 18.2. The van der Waals surface area contributed by atoms with E-state index in [4.69, 9.17) is 13.9 Å².